The van der Waals surface area contributed by atoms with Crippen LogP contribution in [-0.4, -0.2) is 36.2 Å². The van der Waals surface area contributed by atoms with Crippen LogP contribution in [0.15, 0.2) is 24.3 Å². The van der Waals surface area contributed by atoms with Gasteiger partial charge in [-0.15, -0.1) is 0 Å². The highest BCUT2D eigenvalue weighted by atomic mass is 16.5. The normalized spacial score (nSPS) is 24.3. The van der Waals surface area contributed by atoms with E-state index in [0.717, 1.165) is 25.4 Å². The lowest BCUT2D eigenvalue weighted by Crippen LogP contribution is -2.67. The smallest absolute Gasteiger partial charge is 0.123 e. The molecule has 116 valence electrons. The number of hydrogen-bond acceptors (Lipinski definition) is 3. The number of piperazine rings is 1. The highest BCUT2D eigenvalue weighted by Gasteiger charge is 2.44. The Balaban J connectivity index is 1.78. The molecule has 0 bridgehead atoms. The fourth-order valence-corrected chi connectivity index (χ4v) is 4.36. The van der Waals surface area contributed by atoms with Crippen LogP contribution in [-0.2, 0) is 6.54 Å². The molecule has 21 heavy (non-hydrogen) atoms. The molecule has 1 aromatic rings. The van der Waals surface area contributed by atoms with Gasteiger partial charge in [0.05, 0.1) is 7.11 Å². The lowest BCUT2D eigenvalue weighted by atomic mass is 9.87. The van der Waals surface area contributed by atoms with Crippen molar-refractivity contribution in [1.29, 1.82) is 0 Å². The topological polar surface area (TPSA) is 24.5 Å². The highest BCUT2D eigenvalue weighted by Crippen LogP contribution is 2.36. The molecule has 0 aromatic heterocycles. The van der Waals surface area contributed by atoms with Crippen molar-refractivity contribution in [2.75, 3.05) is 20.2 Å². The Labute approximate surface area is 128 Å². The average Bonchev–Trinajstić information content (AvgIpc) is 2.84. The van der Waals surface area contributed by atoms with Crippen LogP contribution in [0.5, 0.6) is 5.75 Å². The van der Waals surface area contributed by atoms with Crippen molar-refractivity contribution in [2.24, 2.45) is 0 Å². The summed E-state index contributed by atoms with van der Waals surface area (Å²) in [4.78, 5) is 2.61. The zero-order chi connectivity index (χ0) is 14.9. The fraction of sp³-hybridized carbons (Fsp3) is 0.667. The zero-order valence-electron chi connectivity index (χ0n) is 13.6. The molecule has 0 unspecified atom stereocenters. The Kier molecular flexibility index (Phi) is 3.98. The maximum Gasteiger partial charge on any atom is 0.123 e. The van der Waals surface area contributed by atoms with Crippen LogP contribution in [0, 0.1) is 0 Å². The molecule has 1 heterocycles. The SMILES string of the molecule is COc1ccccc1CN1CC(C)(C)NC2(CCCC2)C1. The van der Waals surface area contributed by atoms with Crippen LogP contribution >= 0.6 is 0 Å². The second kappa shape index (κ2) is 5.62. The van der Waals surface area contributed by atoms with Crippen LogP contribution < -0.4 is 10.1 Å². The van der Waals surface area contributed by atoms with E-state index in [1.807, 2.05) is 6.07 Å². The standard InChI is InChI=1S/C18H28N2O/c1-17(2)13-20(14-18(19-17)10-6-7-11-18)12-15-8-4-5-9-16(15)21-3/h4-5,8-9,19H,6-7,10-14H2,1-3H3. The van der Waals surface area contributed by atoms with Crippen molar-refractivity contribution >= 4 is 0 Å². The summed E-state index contributed by atoms with van der Waals surface area (Å²) in [6.07, 6.45) is 5.37. The summed E-state index contributed by atoms with van der Waals surface area (Å²) in [5, 5.41) is 3.94. The number of hydrogen-bond donors (Lipinski definition) is 1. The molecule has 3 heteroatoms. The Morgan fingerprint density at radius 1 is 1.14 bits per heavy atom. The summed E-state index contributed by atoms with van der Waals surface area (Å²) in [7, 11) is 1.76. The van der Waals surface area contributed by atoms with E-state index in [4.69, 9.17) is 4.74 Å². The summed E-state index contributed by atoms with van der Waals surface area (Å²) in [5.74, 6) is 1.01. The number of ether oxygens (including phenoxy) is 1. The molecular formula is C18H28N2O. The van der Waals surface area contributed by atoms with Crippen LogP contribution in [0.3, 0.4) is 0 Å². The monoisotopic (exact) mass is 288 g/mol. The zero-order valence-corrected chi connectivity index (χ0v) is 13.6. The molecule has 1 saturated carbocycles. The number of methoxy groups -OCH3 is 1. The summed E-state index contributed by atoms with van der Waals surface area (Å²) < 4.78 is 5.51. The molecule has 1 spiro atoms. The van der Waals surface area contributed by atoms with E-state index >= 15 is 0 Å². The molecule has 0 radical (unpaired) electrons. The second-order valence-corrected chi connectivity index (χ2v) is 7.45. The summed E-state index contributed by atoms with van der Waals surface area (Å²) >= 11 is 0. The maximum absolute atomic E-state index is 5.51. The minimum atomic E-state index is 0.185. The van der Waals surface area contributed by atoms with Crippen molar-refractivity contribution < 1.29 is 4.74 Å². The molecule has 1 N–H and O–H groups in total. The van der Waals surface area contributed by atoms with Gasteiger partial charge in [-0.05, 0) is 32.8 Å². The fourth-order valence-electron chi connectivity index (χ4n) is 4.36. The number of rotatable bonds is 3. The minimum absolute atomic E-state index is 0.185. The third kappa shape index (κ3) is 3.24. The lowest BCUT2D eigenvalue weighted by Gasteiger charge is -2.50. The predicted octanol–water partition coefficient (Wildman–Crippen LogP) is 3.19. The number of nitrogens with one attached hydrogen (secondary N) is 1. The van der Waals surface area contributed by atoms with Gasteiger partial charge in [0.25, 0.3) is 0 Å². The van der Waals surface area contributed by atoms with Crippen molar-refractivity contribution in [3.63, 3.8) is 0 Å². The van der Waals surface area contributed by atoms with Crippen LogP contribution in [0.1, 0.15) is 45.1 Å². The Morgan fingerprint density at radius 3 is 2.57 bits per heavy atom. The molecule has 0 amide bonds. The first kappa shape index (κ1) is 14.9. The van der Waals surface area contributed by atoms with Gasteiger partial charge in [-0.3, -0.25) is 4.90 Å². The van der Waals surface area contributed by atoms with E-state index in [1.54, 1.807) is 7.11 Å². The van der Waals surface area contributed by atoms with Gasteiger partial charge in [-0.1, -0.05) is 31.0 Å². The number of nitrogens with zero attached hydrogens (tertiary/aromatic N) is 1. The van der Waals surface area contributed by atoms with Gasteiger partial charge in [0, 0.05) is 36.3 Å². The molecule has 2 aliphatic rings. The molecule has 0 atom stereocenters. The van der Waals surface area contributed by atoms with E-state index in [2.05, 4.69) is 42.3 Å². The Hall–Kier alpha value is -1.06. The van der Waals surface area contributed by atoms with Gasteiger partial charge >= 0.3 is 0 Å². The number of benzene rings is 1. The van der Waals surface area contributed by atoms with E-state index < -0.39 is 0 Å². The van der Waals surface area contributed by atoms with E-state index in [1.165, 1.54) is 31.2 Å². The first-order chi connectivity index (χ1) is 10.0. The van der Waals surface area contributed by atoms with Crippen molar-refractivity contribution in [2.45, 2.75) is 57.2 Å². The second-order valence-electron chi connectivity index (χ2n) is 7.45. The first-order valence-corrected chi connectivity index (χ1v) is 8.16. The average molecular weight is 288 g/mol. The van der Waals surface area contributed by atoms with Crippen LogP contribution in [0.4, 0.5) is 0 Å². The molecule has 3 rings (SSSR count). The van der Waals surface area contributed by atoms with E-state index in [0.29, 0.717) is 5.54 Å². The van der Waals surface area contributed by atoms with Crippen LogP contribution in [0.25, 0.3) is 0 Å². The van der Waals surface area contributed by atoms with Gasteiger partial charge in [-0.25, -0.2) is 0 Å². The molecule has 2 fully saturated rings. The number of para-hydroxylation sites is 1. The summed E-state index contributed by atoms with van der Waals surface area (Å²) in [5.41, 5.74) is 1.82. The van der Waals surface area contributed by atoms with Crippen LogP contribution in [0.2, 0.25) is 0 Å². The Morgan fingerprint density at radius 2 is 1.86 bits per heavy atom. The molecular weight excluding hydrogens is 260 g/mol. The summed E-state index contributed by atoms with van der Waals surface area (Å²) in [6, 6.07) is 8.40. The van der Waals surface area contributed by atoms with Crippen molar-refractivity contribution in [3.8, 4) is 5.75 Å². The van der Waals surface area contributed by atoms with Gasteiger partial charge in [0.1, 0.15) is 5.75 Å². The maximum atomic E-state index is 5.51. The van der Waals surface area contributed by atoms with Crippen molar-refractivity contribution in [1.82, 2.24) is 10.2 Å². The third-order valence-electron chi connectivity index (χ3n) is 4.90. The van der Waals surface area contributed by atoms with Gasteiger partial charge in [0.2, 0.25) is 0 Å². The van der Waals surface area contributed by atoms with E-state index in [-0.39, 0.29) is 5.54 Å². The molecule has 1 aliphatic carbocycles. The Bertz CT molecular complexity index is 492. The molecule has 1 aromatic carbocycles. The van der Waals surface area contributed by atoms with Gasteiger partial charge in [-0.2, -0.15) is 0 Å². The van der Waals surface area contributed by atoms with Crippen molar-refractivity contribution in [3.05, 3.63) is 29.8 Å². The molecule has 3 nitrogen and oxygen atoms in total. The molecule has 1 aliphatic heterocycles. The van der Waals surface area contributed by atoms with Gasteiger partial charge < -0.3 is 10.1 Å². The third-order valence-corrected chi connectivity index (χ3v) is 4.90. The minimum Gasteiger partial charge on any atom is -0.496 e. The largest absolute Gasteiger partial charge is 0.496 e. The first-order valence-electron chi connectivity index (χ1n) is 8.16. The lowest BCUT2D eigenvalue weighted by molar-refractivity contribution is 0.0568. The van der Waals surface area contributed by atoms with E-state index in [9.17, 15) is 0 Å². The predicted molar refractivity (Wildman–Crippen MR) is 86.7 cm³/mol. The highest BCUT2D eigenvalue weighted by molar-refractivity contribution is 5.33. The summed E-state index contributed by atoms with van der Waals surface area (Å²) in [6.45, 7) is 7.90. The molecule has 1 saturated heterocycles. The van der Waals surface area contributed by atoms with Gasteiger partial charge in [0.15, 0.2) is 0 Å². The quantitative estimate of drug-likeness (QED) is 0.924.